The highest BCUT2D eigenvalue weighted by molar-refractivity contribution is 5.85. The molecule has 1 atom stereocenters. The van der Waals surface area contributed by atoms with Crippen LogP contribution in [0.5, 0.6) is 0 Å². The second-order valence-corrected chi connectivity index (χ2v) is 6.10. The Balaban J connectivity index is 0.00000242. The number of aryl methyl sites for hydroxylation is 1. The van der Waals surface area contributed by atoms with Crippen molar-refractivity contribution in [2.24, 2.45) is 17.6 Å². The summed E-state index contributed by atoms with van der Waals surface area (Å²) in [7, 11) is 0. The molecule has 1 aromatic carbocycles. The van der Waals surface area contributed by atoms with E-state index in [0.29, 0.717) is 18.3 Å². The summed E-state index contributed by atoms with van der Waals surface area (Å²) in [5.74, 6) is 0.153. The molecule has 1 aliphatic carbocycles. The number of carboxylic acid groups (broad SMARTS) is 1. The summed E-state index contributed by atoms with van der Waals surface area (Å²) in [6.07, 6.45) is 4.53. The van der Waals surface area contributed by atoms with Gasteiger partial charge in [0.15, 0.2) is 0 Å². The largest absolute Gasteiger partial charge is 0.481 e. The molecule has 0 amide bonds. The van der Waals surface area contributed by atoms with Crippen LogP contribution in [-0.4, -0.2) is 22.7 Å². The van der Waals surface area contributed by atoms with Crippen LogP contribution in [0.1, 0.15) is 49.3 Å². The van der Waals surface area contributed by atoms with E-state index < -0.39 is 12.1 Å². The van der Waals surface area contributed by atoms with E-state index >= 15 is 0 Å². The van der Waals surface area contributed by atoms with Crippen LogP contribution >= 0.6 is 12.4 Å². The number of benzene rings is 1. The normalized spacial score (nSPS) is 22.6. The number of nitrogens with two attached hydrogens (primary N) is 1. The van der Waals surface area contributed by atoms with Gasteiger partial charge in [0.1, 0.15) is 0 Å². The molecule has 1 unspecified atom stereocenters. The van der Waals surface area contributed by atoms with Crippen LogP contribution in [0.15, 0.2) is 24.3 Å². The molecule has 1 aliphatic rings. The van der Waals surface area contributed by atoms with Gasteiger partial charge in [0.05, 0.1) is 6.10 Å². The Morgan fingerprint density at radius 2 is 1.77 bits per heavy atom. The Hall–Kier alpha value is -1.10. The third-order valence-electron chi connectivity index (χ3n) is 4.62. The molecule has 4 N–H and O–H groups in total. The first-order valence-electron chi connectivity index (χ1n) is 7.79. The molecule has 1 saturated carbocycles. The van der Waals surface area contributed by atoms with Gasteiger partial charge in [0.25, 0.3) is 0 Å². The Labute approximate surface area is 138 Å². The first kappa shape index (κ1) is 18.9. The lowest BCUT2D eigenvalue weighted by atomic mass is 9.78. The molecule has 1 fully saturated rings. The maximum atomic E-state index is 10.6. The van der Waals surface area contributed by atoms with Gasteiger partial charge in [-0.3, -0.25) is 4.79 Å². The summed E-state index contributed by atoms with van der Waals surface area (Å²) < 4.78 is 0. The van der Waals surface area contributed by atoms with Gasteiger partial charge in [-0.25, -0.2) is 0 Å². The van der Waals surface area contributed by atoms with Crippen molar-refractivity contribution >= 4 is 18.4 Å². The quantitative estimate of drug-likeness (QED) is 0.750. The predicted octanol–water partition coefficient (Wildman–Crippen LogP) is 2.92. The minimum absolute atomic E-state index is 0. The topological polar surface area (TPSA) is 83.5 Å². The lowest BCUT2D eigenvalue weighted by Crippen LogP contribution is -2.24. The number of aliphatic hydroxyl groups excluding tert-OH is 1. The van der Waals surface area contributed by atoms with E-state index in [1.807, 2.05) is 24.3 Å². The fourth-order valence-electron chi connectivity index (χ4n) is 3.14. The standard InChI is InChI=1S/C17H25NO3.ClH/c18-11-13-3-8-15(9-4-13)17(21)14-6-1-12(2-7-14)5-10-16(19)20;/h1-2,6-7,13,15,17,21H,3-5,8-11,18H2,(H,19,20);1H. The summed E-state index contributed by atoms with van der Waals surface area (Å²) >= 11 is 0. The minimum Gasteiger partial charge on any atom is -0.481 e. The summed E-state index contributed by atoms with van der Waals surface area (Å²) in [5.41, 5.74) is 7.63. The van der Waals surface area contributed by atoms with Gasteiger partial charge in [-0.2, -0.15) is 0 Å². The van der Waals surface area contributed by atoms with Crippen LogP contribution in [0.25, 0.3) is 0 Å². The van der Waals surface area contributed by atoms with Crippen molar-refractivity contribution in [2.75, 3.05) is 6.54 Å². The summed E-state index contributed by atoms with van der Waals surface area (Å²) in [6, 6.07) is 7.70. The number of carboxylic acids is 1. The van der Waals surface area contributed by atoms with Crippen LogP contribution in [0.3, 0.4) is 0 Å². The SMILES string of the molecule is Cl.NCC1CCC(C(O)c2ccc(CCC(=O)O)cc2)CC1. The molecule has 2 rings (SSSR count). The van der Waals surface area contributed by atoms with Crippen LogP contribution in [0.2, 0.25) is 0 Å². The first-order valence-corrected chi connectivity index (χ1v) is 7.79. The van der Waals surface area contributed by atoms with Gasteiger partial charge in [-0.15, -0.1) is 12.4 Å². The molecule has 124 valence electrons. The van der Waals surface area contributed by atoms with Gasteiger partial charge < -0.3 is 15.9 Å². The van der Waals surface area contributed by atoms with E-state index in [9.17, 15) is 9.90 Å². The average Bonchev–Trinajstić information content (AvgIpc) is 2.53. The van der Waals surface area contributed by atoms with Gasteiger partial charge >= 0.3 is 5.97 Å². The molecule has 5 heteroatoms. The van der Waals surface area contributed by atoms with Crippen LogP contribution in [-0.2, 0) is 11.2 Å². The van der Waals surface area contributed by atoms with Crippen molar-refractivity contribution in [3.8, 4) is 0 Å². The van der Waals surface area contributed by atoms with E-state index in [-0.39, 0.29) is 18.8 Å². The second-order valence-electron chi connectivity index (χ2n) is 6.10. The van der Waals surface area contributed by atoms with Gasteiger partial charge in [0, 0.05) is 6.42 Å². The Bertz CT molecular complexity index is 455. The highest BCUT2D eigenvalue weighted by atomic mass is 35.5. The first-order chi connectivity index (χ1) is 10.1. The molecule has 22 heavy (non-hydrogen) atoms. The lowest BCUT2D eigenvalue weighted by Gasteiger charge is -2.31. The third kappa shape index (κ3) is 5.27. The molecule has 0 spiro atoms. The van der Waals surface area contributed by atoms with Crippen molar-refractivity contribution in [3.05, 3.63) is 35.4 Å². The number of carbonyl (C=O) groups is 1. The number of hydrogen-bond donors (Lipinski definition) is 3. The van der Waals surface area contributed by atoms with E-state index in [1.165, 1.54) is 0 Å². The van der Waals surface area contributed by atoms with Crippen molar-refractivity contribution in [1.82, 2.24) is 0 Å². The third-order valence-corrected chi connectivity index (χ3v) is 4.62. The summed E-state index contributed by atoms with van der Waals surface area (Å²) in [5, 5.41) is 19.2. The predicted molar refractivity (Wildman–Crippen MR) is 89.1 cm³/mol. The van der Waals surface area contributed by atoms with Crippen molar-refractivity contribution in [3.63, 3.8) is 0 Å². The highest BCUT2D eigenvalue weighted by Crippen LogP contribution is 2.36. The zero-order valence-electron chi connectivity index (χ0n) is 12.8. The van der Waals surface area contributed by atoms with Gasteiger partial charge in [0.2, 0.25) is 0 Å². The number of halogens is 1. The Morgan fingerprint density at radius 1 is 1.18 bits per heavy atom. The molecule has 1 aromatic rings. The molecule has 0 bridgehead atoms. The minimum atomic E-state index is -0.782. The fraction of sp³-hybridized carbons (Fsp3) is 0.588. The highest BCUT2D eigenvalue weighted by Gasteiger charge is 2.26. The van der Waals surface area contributed by atoms with E-state index in [0.717, 1.165) is 43.4 Å². The summed E-state index contributed by atoms with van der Waals surface area (Å²) in [4.78, 5) is 10.6. The number of rotatable bonds is 6. The van der Waals surface area contributed by atoms with Gasteiger partial charge in [-0.05, 0) is 61.6 Å². The van der Waals surface area contributed by atoms with Gasteiger partial charge in [-0.1, -0.05) is 24.3 Å². The molecule has 4 nitrogen and oxygen atoms in total. The van der Waals surface area contributed by atoms with Crippen molar-refractivity contribution < 1.29 is 15.0 Å². The van der Waals surface area contributed by atoms with E-state index in [1.54, 1.807) is 0 Å². The number of hydrogen-bond acceptors (Lipinski definition) is 3. The number of aliphatic hydroxyl groups is 1. The zero-order valence-corrected chi connectivity index (χ0v) is 13.6. The maximum Gasteiger partial charge on any atom is 0.303 e. The van der Waals surface area contributed by atoms with E-state index in [4.69, 9.17) is 10.8 Å². The average molecular weight is 328 g/mol. The van der Waals surface area contributed by atoms with Crippen LogP contribution < -0.4 is 5.73 Å². The maximum absolute atomic E-state index is 10.6. The monoisotopic (exact) mass is 327 g/mol. The lowest BCUT2D eigenvalue weighted by molar-refractivity contribution is -0.136. The molecule has 0 aromatic heterocycles. The molecule has 0 radical (unpaired) electrons. The molecule has 0 saturated heterocycles. The Morgan fingerprint density at radius 3 is 2.27 bits per heavy atom. The second kappa shape index (κ2) is 9.13. The molecular weight excluding hydrogens is 302 g/mol. The Kier molecular flexibility index (Phi) is 7.87. The smallest absolute Gasteiger partial charge is 0.303 e. The van der Waals surface area contributed by atoms with Crippen LogP contribution in [0.4, 0.5) is 0 Å². The summed E-state index contributed by atoms with van der Waals surface area (Å²) in [6.45, 7) is 0.751. The fourth-order valence-corrected chi connectivity index (χ4v) is 3.14. The van der Waals surface area contributed by atoms with E-state index in [2.05, 4.69) is 0 Å². The van der Waals surface area contributed by atoms with Crippen molar-refractivity contribution in [1.29, 1.82) is 0 Å². The van der Waals surface area contributed by atoms with Crippen molar-refractivity contribution in [2.45, 2.75) is 44.6 Å². The number of aliphatic carboxylic acids is 1. The molecule has 0 aliphatic heterocycles. The molecule has 0 heterocycles. The van der Waals surface area contributed by atoms with Crippen LogP contribution in [0, 0.1) is 11.8 Å². The zero-order chi connectivity index (χ0) is 15.2. The molecular formula is C17H26ClNO3.